The fourth-order valence-corrected chi connectivity index (χ4v) is 2.46. The topological polar surface area (TPSA) is 48.7 Å². The van der Waals surface area contributed by atoms with Crippen molar-refractivity contribution in [2.24, 2.45) is 0 Å². The van der Waals surface area contributed by atoms with Crippen molar-refractivity contribution < 1.29 is 0 Å². The van der Waals surface area contributed by atoms with E-state index >= 15 is 0 Å². The first kappa shape index (κ1) is 12.6. The van der Waals surface area contributed by atoms with Crippen molar-refractivity contribution in [2.45, 2.75) is 26.3 Å². The Bertz CT molecular complexity index is 588. The van der Waals surface area contributed by atoms with Crippen LogP contribution >= 0.6 is 11.3 Å². The fraction of sp³-hybridized carbons (Fsp3) is 0.286. The van der Waals surface area contributed by atoms with Crippen LogP contribution in [-0.4, -0.2) is 10.5 Å². The van der Waals surface area contributed by atoms with E-state index < -0.39 is 0 Å². The number of nitrogens with one attached hydrogen (secondary N) is 1. The Morgan fingerprint density at radius 2 is 2.11 bits per heavy atom. The van der Waals surface area contributed by atoms with Gasteiger partial charge in [-0.2, -0.15) is 5.26 Å². The molecule has 18 heavy (non-hydrogen) atoms. The summed E-state index contributed by atoms with van der Waals surface area (Å²) in [7, 11) is 0. The van der Waals surface area contributed by atoms with Crippen LogP contribution in [0.4, 0.5) is 5.13 Å². The average Bonchev–Trinajstić information content (AvgIpc) is 2.75. The predicted molar refractivity (Wildman–Crippen MR) is 75.6 cm³/mol. The van der Waals surface area contributed by atoms with Crippen molar-refractivity contribution in [1.29, 1.82) is 5.26 Å². The molecule has 2 aromatic rings. The van der Waals surface area contributed by atoms with Crippen LogP contribution in [0.15, 0.2) is 29.6 Å². The van der Waals surface area contributed by atoms with Gasteiger partial charge in [-0.05, 0) is 32.9 Å². The second kappa shape index (κ2) is 4.79. The number of thiazole rings is 1. The molecule has 0 aliphatic heterocycles. The molecular formula is C14H15N3S. The maximum atomic E-state index is 8.89. The van der Waals surface area contributed by atoms with Crippen LogP contribution in [0.1, 0.15) is 26.3 Å². The van der Waals surface area contributed by atoms with Crippen molar-refractivity contribution in [1.82, 2.24) is 4.98 Å². The monoisotopic (exact) mass is 257 g/mol. The smallest absolute Gasteiger partial charge is 0.183 e. The summed E-state index contributed by atoms with van der Waals surface area (Å²) in [4.78, 5) is 4.54. The first-order valence-corrected chi connectivity index (χ1v) is 6.60. The zero-order chi connectivity index (χ0) is 13.2. The molecular weight excluding hydrogens is 242 g/mol. The first-order valence-electron chi connectivity index (χ1n) is 5.72. The lowest BCUT2D eigenvalue weighted by molar-refractivity contribution is 0.633. The van der Waals surface area contributed by atoms with Crippen LogP contribution in [-0.2, 0) is 0 Å². The maximum absolute atomic E-state index is 8.89. The highest BCUT2D eigenvalue weighted by atomic mass is 32.1. The molecule has 0 aliphatic carbocycles. The van der Waals surface area contributed by atoms with Crippen molar-refractivity contribution in [3.8, 4) is 17.3 Å². The molecule has 92 valence electrons. The number of anilines is 1. The van der Waals surface area contributed by atoms with Gasteiger partial charge in [-0.3, -0.25) is 0 Å². The van der Waals surface area contributed by atoms with Crippen molar-refractivity contribution >= 4 is 16.5 Å². The highest BCUT2D eigenvalue weighted by molar-refractivity contribution is 7.14. The summed E-state index contributed by atoms with van der Waals surface area (Å²) in [6, 6.07) is 9.64. The molecule has 0 unspecified atom stereocenters. The molecule has 3 nitrogen and oxygen atoms in total. The van der Waals surface area contributed by atoms with Crippen molar-refractivity contribution in [3.63, 3.8) is 0 Å². The molecule has 1 heterocycles. The lowest BCUT2D eigenvalue weighted by Crippen LogP contribution is -2.25. The summed E-state index contributed by atoms with van der Waals surface area (Å²) in [5, 5.41) is 15.1. The Kier molecular flexibility index (Phi) is 3.35. The van der Waals surface area contributed by atoms with Gasteiger partial charge in [-0.1, -0.05) is 12.1 Å². The van der Waals surface area contributed by atoms with E-state index in [1.54, 1.807) is 17.4 Å². The lowest BCUT2D eigenvalue weighted by Gasteiger charge is -2.19. The second-order valence-corrected chi connectivity index (χ2v) is 5.96. The molecule has 1 aromatic heterocycles. The van der Waals surface area contributed by atoms with Gasteiger partial charge in [-0.15, -0.1) is 11.3 Å². The summed E-state index contributed by atoms with van der Waals surface area (Å²) in [5.41, 5.74) is 2.55. The molecule has 0 amide bonds. The van der Waals surface area contributed by atoms with Crippen LogP contribution in [0.2, 0.25) is 0 Å². The standard InChI is InChI=1S/C14H15N3S/c1-14(2,3)17-13-16-12(9-18-13)11-6-4-5-10(7-11)8-15/h4-7,9H,1-3H3,(H,16,17). The zero-order valence-electron chi connectivity index (χ0n) is 10.7. The number of hydrogen-bond acceptors (Lipinski definition) is 4. The van der Waals surface area contributed by atoms with Crippen LogP contribution in [0, 0.1) is 11.3 Å². The summed E-state index contributed by atoms with van der Waals surface area (Å²) in [6.45, 7) is 6.30. The van der Waals surface area contributed by atoms with Gasteiger partial charge in [-0.25, -0.2) is 4.98 Å². The predicted octanol–water partition coefficient (Wildman–Crippen LogP) is 3.89. The Morgan fingerprint density at radius 1 is 1.33 bits per heavy atom. The molecule has 1 aromatic carbocycles. The van der Waals surface area contributed by atoms with Crippen molar-refractivity contribution in [3.05, 3.63) is 35.2 Å². The van der Waals surface area contributed by atoms with Crippen LogP contribution in [0.5, 0.6) is 0 Å². The SMILES string of the molecule is CC(C)(C)Nc1nc(-c2cccc(C#N)c2)cs1. The van der Waals surface area contributed by atoms with E-state index in [0.717, 1.165) is 16.4 Å². The molecule has 4 heteroatoms. The molecule has 0 saturated heterocycles. The van der Waals surface area contributed by atoms with Crippen LogP contribution < -0.4 is 5.32 Å². The summed E-state index contributed by atoms with van der Waals surface area (Å²) < 4.78 is 0. The third-order valence-corrected chi connectivity index (χ3v) is 3.03. The van der Waals surface area contributed by atoms with Gasteiger partial charge >= 0.3 is 0 Å². The molecule has 0 saturated carbocycles. The van der Waals surface area contributed by atoms with Gasteiger partial charge in [0.05, 0.1) is 17.3 Å². The van der Waals surface area contributed by atoms with Gasteiger partial charge in [0.2, 0.25) is 0 Å². The van der Waals surface area contributed by atoms with Crippen LogP contribution in [0.3, 0.4) is 0 Å². The van der Waals surface area contributed by atoms with Gasteiger partial charge in [0.25, 0.3) is 0 Å². The Labute approximate surface area is 111 Å². The Hall–Kier alpha value is -1.86. The highest BCUT2D eigenvalue weighted by Crippen LogP contribution is 2.27. The summed E-state index contributed by atoms with van der Waals surface area (Å²) in [5.74, 6) is 0. The summed E-state index contributed by atoms with van der Waals surface area (Å²) in [6.07, 6.45) is 0. The molecule has 0 atom stereocenters. The molecule has 0 spiro atoms. The molecule has 2 rings (SSSR count). The molecule has 0 fully saturated rings. The van der Waals surface area contributed by atoms with E-state index in [1.807, 2.05) is 23.6 Å². The van der Waals surface area contributed by atoms with E-state index in [0.29, 0.717) is 5.56 Å². The van der Waals surface area contributed by atoms with Crippen molar-refractivity contribution in [2.75, 3.05) is 5.32 Å². The quantitative estimate of drug-likeness (QED) is 0.887. The van der Waals surface area contributed by atoms with Gasteiger partial charge in [0, 0.05) is 16.5 Å². The highest BCUT2D eigenvalue weighted by Gasteiger charge is 2.12. The number of aromatic nitrogens is 1. The zero-order valence-corrected chi connectivity index (χ0v) is 11.5. The minimum absolute atomic E-state index is 0.00360. The van der Waals surface area contributed by atoms with E-state index in [1.165, 1.54) is 0 Å². The molecule has 1 N–H and O–H groups in total. The minimum atomic E-state index is 0.00360. The minimum Gasteiger partial charge on any atom is -0.357 e. The number of rotatable bonds is 2. The summed E-state index contributed by atoms with van der Waals surface area (Å²) >= 11 is 1.58. The van der Waals surface area contributed by atoms with E-state index in [-0.39, 0.29) is 5.54 Å². The number of hydrogen-bond donors (Lipinski definition) is 1. The Balaban J connectivity index is 2.27. The second-order valence-electron chi connectivity index (χ2n) is 5.11. The average molecular weight is 257 g/mol. The van der Waals surface area contributed by atoms with E-state index in [9.17, 15) is 0 Å². The molecule has 0 bridgehead atoms. The van der Waals surface area contributed by atoms with Gasteiger partial charge < -0.3 is 5.32 Å². The Morgan fingerprint density at radius 3 is 2.78 bits per heavy atom. The fourth-order valence-electron chi connectivity index (χ4n) is 1.53. The van der Waals surface area contributed by atoms with E-state index in [4.69, 9.17) is 5.26 Å². The number of benzene rings is 1. The third-order valence-electron chi connectivity index (χ3n) is 2.27. The van der Waals surface area contributed by atoms with Crippen LogP contribution in [0.25, 0.3) is 11.3 Å². The van der Waals surface area contributed by atoms with Gasteiger partial charge in [0.15, 0.2) is 5.13 Å². The largest absolute Gasteiger partial charge is 0.357 e. The molecule has 0 radical (unpaired) electrons. The third kappa shape index (κ3) is 3.08. The molecule has 0 aliphatic rings. The first-order chi connectivity index (χ1) is 8.48. The number of nitrogens with zero attached hydrogens (tertiary/aromatic N) is 2. The van der Waals surface area contributed by atoms with E-state index in [2.05, 4.69) is 37.1 Å². The van der Waals surface area contributed by atoms with Gasteiger partial charge in [0.1, 0.15) is 0 Å². The lowest BCUT2D eigenvalue weighted by atomic mass is 10.1. The normalized spacial score (nSPS) is 11.0. The number of nitriles is 1. The maximum Gasteiger partial charge on any atom is 0.183 e.